The van der Waals surface area contributed by atoms with Gasteiger partial charge in [0.1, 0.15) is 0 Å². The first-order valence-corrected chi connectivity index (χ1v) is 17.0. The van der Waals surface area contributed by atoms with Crippen molar-refractivity contribution >= 4 is 58.4 Å². The van der Waals surface area contributed by atoms with Crippen LogP contribution >= 0.6 is 23.2 Å². The summed E-state index contributed by atoms with van der Waals surface area (Å²) in [6, 6.07) is 10.4. The molecule has 0 amide bonds. The summed E-state index contributed by atoms with van der Waals surface area (Å²) < 4.78 is 15.9. The number of nitrogens with zero attached hydrogens (tertiary/aromatic N) is 10. The van der Waals surface area contributed by atoms with Crippen LogP contribution in [-0.2, 0) is 20.6 Å². The molecule has 1 N–H and O–H groups in total. The summed E-state index contributed by atoms with van der Waals surface area (Å²) in [6.07, 6.45) is 6.07. The maximum absolute atomic E-state index is 13.4. The maximum atomic E-state index is 13.4. The Balaban J connectivity index is 1.17. The maximum Gasteiger partial charge on any atom is 0.332 e. The van der Waals surface area contributed by atoms with E-state index in [1.807, 2.05) is 0 Å². The molecule has 2 saturated heterocycles. The van der Waals surface area contributed by atoms with Crippen molar-refractivity contribution in [2.75, 3.05) is 48.5 Å². The molecule has 2 aliphatic heterocycles. The second-order valence-electron chi connectivity index (χ2n) is 12.1. The predicted molar refractivity (Wildman–Crippen MR) is 193 cm³/mol. The number of hydrogen-bond donors (Lipinski definition) is 1. The SMILES string of the molecule is COc1cc(/C=N\Nc2nc(N3CCCC3)nc(N3CCCC3)n2)ccc1Oc1nc2c(c(=O)n(C)c(=O)n2C)n1Cc1ccc(Cl)cc1Cl. The molecule has 0 bridgehead atoms. The van der Waals surface area contributed by atoms with Gasteiger partial charge in [0.25, 0.3) is 5.56 Å². The minimum atomic E-state index is -0.528. The number of nitrogens with one attached hydrogen (secondary N) is 1. The minimum Gasteiger partial charge on any atom is -0.493 e. The number of benzene rings is 2. The molecule has 260 valence electrons. The zero-order chi connectivity index (χ0) is 34.9. The van der Waals surface area contributed by atoms with E-state index >= 15 is 0 Å². The number of fused-ring (bicyclic) bond motifs is 1. The standard InChI is InChI=1S/C33H35Cl2N11O4/c1-42-27-26(28(47)43(2)33(42)48)46(19-21-9-10-22(34)17-23(21)35)32(37-27)50-24-11-8-20(16-25(24)49-3)18-36-41-29-38-30(44-12-4-5-13-44)40-31(39-29)45-14-6-7-15-45/h8-11,16-18H,4-7,12-15,19H2,1-3H3,(H,38,39,40,41)/b36-18-. The Hall–Kier alpha value is -5.15. The zero-order valence-corrected chi connectivity index (χ0v) is 29.3. The van der Waals surface area contributed by atoms with Crippen LogP contribution in [-0.4, -0.2) is 73.1 Å². The van der Waals surface area contributed by atoms with Crippen LogP contribution in [0, 0.1) is 0 Å². The van der Waals surface area contributed by atoms with E-state index in [9.17, 15) is 9.59 Å². The highest BCUT2D eigenvalue weighted by Gasteiger charge is 2.24. The largest absolute Gasteiger partial charge is 0.493 e. The van der Waals surface area contributed by atoms with E-state index < -0.39 is 11.2 Å². The molecule has 17 heteroatoms. The van der Waals surface area contributed by atoms with Crippen molar-refractivity contribution in [2.45, 2.75) is 32.2 Å². The summed E-state index contributed by atoms with van der Waals surface area (Å²) in [5.74, 6) is 2.38. The van der Waals surface area contributed by atoms with Gasteiger partial charge in [0.15, 0.2) is 22.7 Å². The van der Waals surface area contributed by atoms with Gasteiger partial charge < -0.3 is 19.3 Å². The molecule has 0 unspecified atom stereocenters. The van der Waals surface area contributed by atoms with Crippen molar-refractivity contribution in [1.29, 1.82) is 0 Å². The van der Waals surface area contributed by atoms with E-state index in [0.29, 0.717) is 50.5 Å². The Bertz CT molecular complexity index is 2190. The first-order valence-electron chi connectivity index (χ1n) is 16.2. The van der Waals surface area contributed by atoms with Gasteiger partial charge >= 0.3 is 11.7 Å². The fourth-order valence-electron chi connectivity index (χ4n) is 6.10. The van der Waals surface area contributed by atoms with Crippen LogP contribution in [0.3, 0.4) is 0 Å². The van der Waals surface area contributed by atoms with Crippen molar-refractivity contribution in [3.8, 4) is 17.5 Å². The quantitative estimate of drug-likeness (QED) is 0.161. The summed E-state index contributed by atoms with van der Waals surface area (Å²) in [6.45, 7) is 3.78. The Morgan fingerprint density at radius 3 is 2.18 bits per heavy atom. The molecule has 5 heterocycles. The van der Waals surface area contributed by atoms with Crippen LogP contribution < -0.4 is 35.9 Å². The molecule has 3 aromatic heterocycles. The number of anilines is 3. The number of hydrogen-bond acceptors (Lipinski definition) is 12. The number of aromatic nitrogens is 7. The number of rotatable bonds is 10. The summed E-state index contributed by atoms with van der Waals surface area (Å²) in [5, 5.41) is 5.28. The molecule has 2 aliphatic rings. The number of hydrazone groups is 1. The first-order chi connectivity index (χ1) is 24.2. The van der Waals surface area contributed by atoms with Gasteiger partial charge in [-0.1, -0.05) is 29.3 Å². The molecular weight excluding hydrogens is 685 g/mol. The molecule has 2 fully saturated rings. The molecule has 50 heavy (non-hydrogen) atoms. The summed E-state index contributed by atoms with van der Waals surface area (Å²) in [5.41, 5.74) is 3.63. The van der Waals surface area contributed by atoms with Gasteiger partial charge in [-0.2, -0.15) is 25.0 Å². The molecule has 0 atom stereocenters. The Morgan fingerprint density at radius 1 is 0.860 bits per heavy atom. The monoisotopic (exact) mass is 719 g/mol. The van der Waals surface area contributed by atoms with E-state index in [-0.39, 0.29) is 23.7 Å². The highest BCUT2D eigenvalue weighted by atomic mass is 35.5. The topological polar surface area (TPSA) is 150 Å². The lowest BCUT2D eigenvalue weighted by Crippen LogP contribution is -2.37. The molecule has 0 aliphatic carbocycles. The van der Waals surface area contributed by atoms with Crippen molar-refractivity contribution in [3.63, 3.8) is 0 Å². The smallest absolute Gasteiger partial charge is 0.332 e. The fraction of sp³-hybridized carbons (Fsp3) is 0.364. The number of aryl methyl sites for hydroxylation is 1. The van der Waals surface area contributed by atoms with E-state index in [0.717, 1.165) is 56.4 Å². The predicted octanol–water partition coefficient (Wildman–Crippen LogP) is 4.42. The van der Waals surface area contributed by atoms with Gasteiger partial charge in [-0.25, -0.2) is 10.2 Å². The number of imidazole rings is 1. The molecule has 0 radical (unpaired) electrons. The minimum absolute atomic E-state index is 0.0585. The van der Waals surface area contributed by atoms with Crippen LogP contribution in [0.15, 0.2) is 51.1 Å². The Labute approximate surface area is 296 Å². The van der Waals surface area contributed by atoms with Crippen molar-refractivity contribution in [3.05, 3.63) is 78.4 Å². The van der Waals surface area contributed by atoms with Gasteiger partial charge in [-0.15, -0.1) is 0 Å². The summed E-state index contributed by atoms with van der Waals surface area (Å²) >= 11 is 12.6. The van der Waals surface area contributed by atoms with Gasteiger partial charge in [-0.3, -0.25) is 18.5 Å². The number of ether oxygens (including phenoxy) is 2. The highest BCUT2D eigenvalue weighted by molar-refractivity contribution is 6.35. The Morgan fingerprint density at radius 2 is 1.54 bits per heavy atom. The molecule has 0 saturated carbocycles. The van der Waals surface area contributed by atoms with E-state index in [1.165, 1.54) is 18.7 Å². The molecule has 0 spiro atoms. The van der Waals surface area contributed by atoms with E-state index in [1.54, 1.807) is 54.2 Å². The van der Waals surface area contributed by atoms with Crippen molar-refractivity contribution < 1.29 is 9.47 Å². The molecule has 2 aromatic carbocycles. The second kappa shape index (κ2) is 14.0. The van der Waals surface area contributed by atoms with Gasteiger partial charge in [0, 0.05) is 50.3 Å². The molecule has 15 nitrogen and oxygen atoms in total. The molecule has 7 rings (SSSR count). The van der Waals surface area contributed by atoms with Gasteiger partial charge in [0.2, 0.25) is 17.8 Å². The lowest BCUT2D eigenvalue weighted by Gasteiger charge is -2.20. The molecule has 5 aromatic rings. The summed E-state index contributed by atoms with van der Waals surface area (Å²) in [4.78, 5) is 49.1. The average Bonchev–Trinajstić information content (AvgIpc) is 3.91. The van der Waals surface area contributed by atoms with Crippen LogP contribution in [0.4, 0.5) is 17.8 Å². The van der Waals surface area contributed by atoms with Gasteiger partial charge in [-0.05, 0) is 67.1 Å². The summed E-state index contributed by atoms with van der Waals surface area (Å²) in [7, 11) is 4.47. The second-order valence-corrected chi connectivity index (χ2v) is 13.0. The first kappa shape index (κ1) is 33.4. The van der Waals surface area contributed by atoms with Crippen molar-refractivity contribution in [2.24, 2.45) is 19.2 Å². The normalized spacial score (nSPS) is 14.7. The fourth-order valence-corrected chi connectivity index (χ4v) is 6.57. The van der Waals surface area contributed by atoms with Crippen LogP contribution in [0.2, 0.25) is 10.0 Å². The highest BCUT2D eigenvalue weighted by Crippen LogP contribution is 2.34. The Kier molecular flexibility index (Phi) is 9.33. The van der Waals surface area contributed by atoms with E-state index in [4.69, 9.17) is 37.7 Å². The van der Waals surface area contributed by atoms with Crippen LogP contribution in [0.5, 0.6) is 17.5 Å². The third-order valence-electron chi connectivity index (χ3n) is 8.81. The third-order valence-corrected chi connectivity index (χ3v) is 9.40. The molecular formula is C33H35Cl2N11O4. The lowest BCUT2D eigenvalue weighted by atomic mass is 10.2. The van der Waals surface area contributed by atoms with E-state index in [2.05, 4.69) is 35.3 Å². The lowest BCUT2D eigenvalue weighted by molar-refractivity contribution is 0.361. The third kappa shape index (κ3) is 6.57. The zero-order valence-electron chi connectivity index (χ0n) is 27.8. The van der Waals surface area contributed by atoms with Crippen molar-refractivity contribution in [1.82, 2.24) is 33.6 Å². The van der Waals surface area contributed by atoms with Crippen LogP contribution in [0.1, 0.15) is 36.8 Å². The number of halogens is 2. The van der Waals surface area contributed by atoms with Gasteiger partial charge in [0.05, 0.1) is 19.9 Å². The average molecular weight is 721 g/mol. The number of methoxy groups -OCH3 is 1. The van der Waals surface area contributed by atoms with Crippen LogP contribution in [0.25, 0.3) is 11.2 Å².